The first kappa shape index (κ1) is 11.2. The Hall–Kier alpha value is -0.790. The summed E-state index contributed by atoms with van der Waals surface area (Å²) >= 11 is 0. The molecular weight excluding hydrogens is 152 g/mol. The molecule has 0 radical (unpaired) electrons. The van der Waals surface area contributed by atoms with E-state index < -0.39 is 0 Å². The van der Waals surface area contributed by atoms with Crippen molar-refractivity contribution in [2.45, 2.75) is 39.5 Å². The van der Waals surface area contributed by atoms with Gasteiger partial charge in [-0.05, 0) is 12.8 Å². The van der Waals surface area contributed by atoms with Crippen LogP contribution < -0.4 is 0 Å². The predicted molar refractivity (Wildman–Crippen MR) is 49.9 cm³/mol. The van der Waals surface area contributed by atoms with Gasteiger partial charge in [-0.1, -0.05) is 32.4 Å². The van der Waals surface area contributed by atoms with E-state index in [2.05, 4.69) is 6.92 Å². The maximum absolute atomic E-state index is 10.9. The summed E-state index contributed by atoms with van der Waals surface area (Å²) in [6.07, 6.45) is 7.25. The fraction of sp³-hybridized carbons (Fsp3) is 0.700. The Morgan fingerprint density at radius 3 is 2.67 bits per heavy atom. The standard InChI is InChI=1S/C10H18O2/c1-3-5-7-8-10(11)12-9-6-4-2/h5,7H,3-4,6,8-9H2,1-2H3/b7-5+. The largest absolute Gasteiger partial charge is 0.465 e. The van der Waals surface area contributed by atoms with Crippen LogP contribution in [-0.4, -0.2) is 12.6 Å². The third-order valence-corrected chi connectivity index (χ3v) is 1.45. The molecule has 2 heteroatoms. The van der Waals surface area contributed by atoms with Gasteiger partial charge in [0, 0.05) is 0 Å². The number of esters is 1. The van der Waals surface area contributed by atoms with Crippen molar-refractivity contribution in [3.63, 3.8) is 0 Å². The lowest BCUT2D eigenvalue weighted by Gasteiger charge is -2.00. The minimum atomic E-state index is -0.117. The molecular formula is C10H18O2. The minimum Gasteiger partial charge on any atom is -0.465 e. The first-order valence-corrected chi connectivity index (χ1v) is 4.61. The molecule has 0 saturated carbocycles. The van der Waals surface area contributed by atoms with Gasteiger partial charge >= 0.3 is 5.97 Å². The van der Waals surface area contributed by atoms with Gasteiger partial charge in [0.15, 0.2) is 0 Å². The predicted octanol–water partition coefficient (Wildman–Crippen LogP) is 2.69. The van der Waals surface area contributed by atoms with E-state index in [0.717, 1.165) is 19.3 Å². The maximum atomic E-state index is 10.9. The maximum Gasteiger partial charge on any atom is 0.309 e. The molecule has 0 aromatic heterocycles. The van der Waals surface area contributed by atoms with E-state index in [1.165, 1.54) is 0 Å². The van der Waals surface area contributed by atoms with Gasteiger partial charge in [-0.3, -0.25) is 4.79 Å². The van der Waals surface area contributed by atoms with Gasteiger partial charge in [0.25, 0.3) is 0 Å². The lowest BCUT2D eigenvalue weighted by atomic mass is 10.3. The first-order valence-electron chi connectivity index (χ1n) is 4.61. The smallest absolute Gasteiger partial charge is 0.309 e. The quantitative estimate of drug-likeness (QED) is 0.348. The average molecular weight is 170 g/mol. The van der Waals surface area contributed by atoms with Crippen molar-refractivity contribution in [3.05, 3.63) is 12.2 Å². The molecule has 0 rings (SSSR count). The number of carbonyl (C=O) groups is 1. The number of hydrogen-bond acceptors (Lipinski definition) is 2. The van der Waals surface area contributed by atoms with Crippen LogP contribution in [0.4, 0.5) is 0 Å². The third kappa shape index (κ3) is 7.32. The summed E-state index contributed by atoms with van der Waals surface area (Å²) in [5, 5.41) is 0. The highest BCUT2D eigenvalue weighted by Crippen LogP contribution is 1.93. The van der Waals surface area contributed by atoms with E-state index in [9.17, 15) is 4.79 Å². The van der Waals surface area contributed by atoms with Gasteiger partial charge in [-0.2, -0.15) is 0 Å². The SMILES string of the molecule is CC/C=C/CC(=O)OCCCC. The van der Waals surface area contributed by atoms with Crippen LogP contribution in [0.15, 0.2) is 12.2 Å². The highest BCUT2D eigenvalue weighted by Gasteiger charge is 1.97. The first-order chi connectivity index (χ1) is 5.81. The normalized spacial score (nSPS) is 10.5. The molecule has 0 aliphatic rings. The number of ether oxygens (including phenoxy) is 1. The fourth-order valence-corrected chi connectivity index (χ4v) is 0.735. The van der Waals surface area contributed by atoms with Crippen LogP contribution in [0, 0.1) is 0 Å². The Kier molecular flexibility index (Phi) is 7.76. The molecule has 0 unspecified atom stereocenters. The zero-order valence-corrected chi connectivity index (χ0v) is 8.01. The summed E-state index contributed by atoms with van der Waals surface area (Å²) in [6, 6.07) is 0. The molecule has 0 spiro atoms. The highest BCUT2D eigenvalue weighted by molar-refractivity contribution is 5.71. The molecule has 0 aromatic rings. The number of carbonyl (C=O) groups excluding carboxylic acids is 1. The van der Waals surface area contributed by atoms with Crippen LogP contribution >= 0.6 is 0 Å². The number of hydrogen-bond donors (Lipinski definition) is 0. The molecule has 0 bridgehead atoms. The van der Waals surface area contributed by atoms with Gasteiger partial charge in [0.05, 0.1) is 13.0 Å². The van der Waals surface area contributed by atoms with Crippen molar-refractivity contribution in [1.29, 1.82) is 0 Å². The van der Waals surface area contributed by atoms with Crippen molar-refractivity contribution in [3.8, 4) is 0 Å². The molecule has 0 atom stereocenters. The van der Waals surface area contributed by atoms with Crippen LogP contribution in [0.3, 0.4) is 0 Å². The van der Waals surface area contributed by atoms with E-state index in [-0.39, 0.29) is 5.97 Å². The summed E-state index contributed by atoms with van der Waals surface area (Å²) < 4.78 is 4.94. The van der Waals surface area contributed by atoms with Gasteiger partial charge in [-0.15, -0.1) is 0 Å². The molecule has 70 valence electrons. The molecule has 0 amide bonds. The molecule has 0 aliphatic heterocycles. The molecule has 0 fully saturated rings. The molecule has 12 heavy (non-hydrogen) atoms. The molecule has 0 aromatic carbocycles. The Morgan fingerprint density at radius 1 is 1.33 bits per heavy atom. The molecule has 0 N–H and O–H groups in total. The van der Waals surface area contributed by atoms with Crippen molar-refractivity contribution >= 4 is 5.97 Å². The zero-order valence-electron chi connectivity index (χ0n) is 8.01. The second-order valence-corrected chi connectivity index (χ2v) is 2.66. The van der Waals surface area contributed by atoms with Crippen LogP contribution in [-0.2, 0) is 9.53 Å². The van der Waals surface area contributed by atoms with Crippen LogP contribution in [0.1, 0.15) is 39.5 Å². The summed E-state index contributed by atoms with van der Waals surface area (Å²) in [5.41, 5.74) is 0. The van der Waals surface area contributed by atoms with E-state index in [1.807, 2.05) is 19.1 Å². The summed E-state index contributed by atoms with van der Waals surface area (Å²) in [6.45, 7) is 4.68. The van der Waals surface area contributed by atoms with Crippen molar-refractivity contribution < 1.29 is 9.53 Å². The Balaban J connectivity index is 3.27. The average Bonchev–Trinajstić information content (AvgIpc) is 2.06. The third-order valence-electron chi connectivity index (χ3n) is 1.45. The molecule has 2 nitrogen and oxygen atoms in total. The highest BCUT2D eigenvalue weighted by atomic mass is 16.5. The Bertz CT molecular complexity index is 139. The monoisotopic (exact) mass is 170 g/mol. The summed E-state index contributed by atoms with van der Waals surface area (Å²) in [4.78, 5) is 10.9. The second kappa shape index (κ2) is 8.31. The van der Waals surface area contributed by atoms with E-state index >= 15 is 0 Å². The second-order valence-electron chi connectivity index (χ2n) is 2.66. The summed E-state index contributed by atoms with van der Waals surface area (Å²) in [7, 11) is 0. The van der Waals surface area contributed by atoms with Crippen LogP contribution in [0.2, 0.25) is 0 Å². The van der Waals surface area contributed by atoms with Crippen LogP contribution in [0.25, 0.3) is 0 Å². The van der Waals surface area contributed by atoms with Crippen molar-refractivity contribution in [2.24, 2.45) is 0 Å². The number of unbranched alkanes of at least 4 members (excludes halogenated alkanes) is 1. The lowest BCUT2D eigenvalue weighted by Crippen LogP contribution is -2.03. The van der Waals surface area contributed by atoms with E-state index in [1.54, 1.807) is 0 Å². The molecule has 0 aliphatic carbocycles. The van der Waals surface area contributed by atoms with Crippen molar-refractivity contribution in [1.82, 2.24) is 0 Å². The minimum absolute atomic E-state index is 0.117. The van der Waals surface area contributed by atoms with Crippen LogP contribution in [0.5, 0.6) is 0 Å². The zero-order chi connectivity index (χ0) is 9.23. The Labute approximate surface area is 74.6 Å². The van der Waals surface area contributed by atoms with Crippen molar-refractivity contribution in [2.75, 3.05) is 6.61 Å². The number of allylic oxidation sites excluding steroid dienone is 1. The van der Waals surface area contributed by atoms with Gasteiger partial charge < -0.3 is 4.74 Å². The fourth-order valence-electron chi connectivity index (χ4n) is 0.735. The van der Waals surface area contributed by atoms with E-state index in [0.29, 0.717) is 13.0 Å². The molecule has 0 heterocycles. The van der Waals surface area contributed by atoms with E-state index in [4.69, 9.17) is 4.74 Å². The molecule has 0 saturated heterocycles. The van der Waals surface area contributed by atoms with Gasteiger partial charge in [-0.25, -0.2) is 0 Å². The van der Waals surface area contributed by atoms with Gasteiger partial charge in [0.1, 0.15) is 0 Å². The van der Waals surface area contributed by atoms with Gasteiger partial charge in [0.2, 0.25) is 0 Å². The lowest BCUT2D eigenvalue weighted by molar-refractivity contribution is -0.142. The summed E-state index contributed by atoms with van der Waals surface area (Å²) in [5.74, 6) is -0.117. The topological polar surface area (TPSA) is 26.3 Å². The number of rotatable bonds is 6. The Morgan fingerprint density at radius 2 is 2.08 bits per heavy atom.